The summed E-state index contributed by atoms with van der Waals surface area (Å²) in [7, 11) is 1.38. The summed E-state index contributed by atoms with van der Waals surface area (Å²) in [6, 6.07) is 4.04. The van der Waals surface area contributed by atoms with Crippen LogP contribution < -0.4 is 0 Å². The minimum Gasteiger partial charge on any atom is -0.469 e. The monoisotopic (exact) mass is 250 g/mol. The average molecular weight is 250 g/mol. The number of carbonyl (C=O) groups is 1. The zero-order valence-electron chi connectivity index (χ0n) is 11.6. The maximum Gasteiger partial charge on any atom is 0.309 e. The normalized spacial score (nSPS) is 10.8. The third kappa shape index (κ3) is 3.84. The lowest BCUT2D eigenvalue weighted by Crippen LogP contribution is -2.10. The second-order valence-corrected chi connectivity index (χ2v) is 5.07. The number of aliphatic hydroxyl groups is 1. The minimum atomic E-state index is -0.272. The van der Waals surface area contributed by atoms with Gasteiger partial charge >= 0.3 is 5.97 Å². The van der Waals surface area contributed by atoms with Gasteiger partial charge in [-0.15, -0.1) is 0 Å². The van der Waals surface area contributed by atoms with Gasteiger partial charge in [0, 0.05) is 0 Å². The van der Waals surface area contributed by atoms with Gasteiger partial charge in [0.05, 0.1) is 20.1 Å². The van der Waals surface area contributed by atoms with E-state index in [1.807, 2.05) is 13.0 Å². The first kappa shape index (κ1) is 14.7. The minimum absolute atomic E-state index is 0.0331. The molecule has 0 aliphatic heterocycles. The standard InChI is InChI=1S/C15H22O3/c1-10(2)5-12-6-11(3)7-13(14(12)9-16)8-15(17)18-4/h6-7,10,16H,5,8-9H2,1-4H3. The Balaban J connectivity index is 3.15. The maximum absolute atomic E-state index is 11.4. The molecule has 100 valence electrons. The van der Waals surface area contributed by atoms with Gasteiger partial charge < -0.3 is 9.84 Å². The van der Waals surface area contributed by atoms with Crippen molar-refractivity contribution in [2.45, 2.75) is 40.2 Å². The summed E-state index contributed by atoms with van der Waals surface area (Å²) >= 11 is 0. The van der Waals surface area contributed by atoms with Crippen molar-refractivity contribution in [3.8, 4) is 0 Å². The van der Waals surface area contributed by atoms with Gasteiger partial charge in [-0.2, -0.15) is 0 Å². The molecule has 3 heteroatoms. The van der Waals surface area contributed by atoms with Crippen molar-refractivity contribution in [1.29, 1.82) is 0 Å². The Morgan fingerprint density at radius 1 is 1.33 bits per heavy atom. The predicted molar refractivity (Wildman–Crippen MR) is 71.4 cm³/mol. The van der Waals surface area contributed by atoms with Gasteiger partial charge in [-0.25, -0.2) is 0 Å². The van der Waals surface area contributed by atoms with Crippen LogP contribution in [0.2, 0.25) is 0 Å². The van der Waals surface area contributed by atoms with Crippen LogP contribution in [0.5, 0.6) is 0 Å². The SMILES string of the molecule is COC(=O)Cc1cc(C)cc(CC(C)C)c1CO. The van der Waals surface area contributed by atoms with Crippen LogP contribution in [-0.2, 0) is 29.0 Å². The summed E-state index contributed by atoms with van der Waals surface area (Å²) in [5.74, 6) is 0.244. The Hall–Kier alpha value is -1.35. The van der Waals surface area contributed by atoms with Crippen LogP contribution in [0.25, 0.3) is 0 Å². The van der Waals surface area contributed by atoms with Gasteiger partial charge in [-0.1, -0.05) is 31.5 Å². The highest BCUT2D eigenvalue weighted by atomic mass is 16.5. The van der Waals surface area contributed by atoms with Crippen molar-refractivity contribution in [3.63, 3.8) is 0 Å². The number of aryl methyl sites for hydroxylation is 1. The second-order valence-electron chi connectivity index (χ2n) is 5.07. The number of aliphatic hydroxyl groups excluding tert-OH is 1. The molecule has 1 aromatic carbocycles. The van der Waals surface area contributed by atoms with E-state index in [4.69, 9.17) is 4.74 Å². The first-order valence-corrected chi connectivity index (χ1v) is 6.26. The highest BCUT2D eigenvalue weighted by Crippen LogP contribution is 2.21. The number of benzene rings is 1. The van der Waals surface area contributed by atoms with Crippen molar-refractivity contribution in [2.24, 2.45) is 5.92 Å². The lowest BCUT2D eigenvalue weighted by molar-refractivity contribution is -0.139. The van der Waals surface area contributed by atoms with E-state index < -0.39 is 0 Å². The third-order valence-corrected chi connectivity index (χ3v) is 2.93. The van der Waals surface area contributed by atoms with Crippen molar-refractivity contribution in [1.82, 2.24) is 0 Å². The molecule has 0 bridgehead atoms. The molecule has 0 atom stereocenters. The number of hydrogen-bond donors (Lipinski definition) is 1. The average Bonchev–Trinajstić information content (AvgIpc) is 2.27. The first-order chi connectivity index (χ1) is 8.47. The zero-order chi connectivity index (χ0) is 13.7. The molecule has 1 rings (SSSR count). The smallest absolute Gasteiger partial charge is 0.309 e. The van der Waals surface area contributed by atoms with Crippen molar-refractivity contribution >= 4 is 5.97 Å². The van der Waals surface area contributed by atoms with E-state index in [0.717, 1.165) is 28.7 Å². The van der Waals surface area contributed by atoms with E-state index >= 15 is 0 Å². The van der Waals surface area contributed by atoms with Crippen LogP contribution in [0, 0.1) is 12.8 Å². The van der Waals surface area contributed by atoms with Crippen LogP contribution in [0.1, 0.15) is 36.1 Å². The fraction of sp³-hybridized carbons (Fsp3) is 0.533. The van der Waals surface area contributed by atoms with Gasteiger partial charge in [0.2, 0.25) is 0 Å². The zero-order valence-corrected chi connectivity index (χ0v) is 11.6. The van der Waals surface area contributed by atoms with Crippen LogP contribution in [0.4, 0.5) is 0 Å². The van der Waals surface area contributed by atoms with E-state index in [2.05, 4.69) is 19.9 Å². The summed E-state index contributed by atoms with van der Waals surface area (Å²) in [6.07, 6.45) is 1.13. The molecule has 0 saturated carbocycles. The van der Waals surface area contributed by atoms with E-state index in [1.165, 1.54) is 7.11 Å². The molecule has 0 heterocycles. The molecule has 0 unspecified atom stereocenters. The molecular weight excluding hydrogens is 228 g/mol. The molecule has 1 aromatic rings. The number of methoxy groups -OCH3 is 1. The van der Waals surface area contributed by atoms with Crippen LogP contribution >= 0.6 is 0 Å². The number of hydrogen-bond acceptors (Lipinski definition) is 3. The van der Waals surface area contributed by atoms with Crippen molar-refractivity contribution in [3.05, 3.63) is 34.4 Å². The number of ether oxygens (including phenoxy) is 1. The quantitative estimate of drug-likeness (QED) is 0.816. The molecule has 0 saturated heterocycles. The van der Waals surface area contributed by atoms with Gasteiger partial charge in [0.25, 0.3) is 0 Å². The molecule has 0 radical (unpaired) electrons. The predicted octanol–water partition coefficient (Wildman–Crippen LogP) is 2.40. The maximum atomic E-state index is 11.4. The third-order valence-electron chi connectivity index (χ3n) is 2.93. The largest absolute Gasteiger partial charge is 0.469 e. The Labute approximate surface area is 109 Å². The van der Waals surface area contributed by atoms with E-state index in [9.17, 15) is 9.90 Å². The molecule has 0 amide bonds. The Bertz CT molecular complexity index is 422. The topological polar surface area (TPSA) is 46.5 Å². The molecule has 3 nitrogen and oxygen atoms in total. The number of esters is 1. The van der Waals surface area contributed by atoms with E-state index in [-0.39, 0.29) is 19.0 Å². The Kier molecular flexibility index (Phi) is 5.35. The summed E-state index contributed by atoms with van der Waals surface area (Å²) in [4.78, 5) is 11.4. The van der Waals surface area contributed by atoms with Gasteiger partial charge in [0.1, 0.15) is 0 Å². The summed E-state index contributed by atoms with van der Waals surface area (Å²) in [6.45, 7) is 6.26. The van der Waals surface area contributed by atoms with E-state index in [0.29, 0.717) is 5.92 Å². The van der Waals surface area contributed by atoms with Crippen molar-refractivity contribution in [2.75, 3.05) is 7.11 Å². The first-order valence-electron chi connectivity index (χ1n) is 6.26. The summed E-state index contributed by atoms with van der Waals surface area (Å²) in [5, 5.41) is 9.54. The molecule has 0 aromatic heterocycles. The molecular formula is C15H22O3. The van der Waals surface area contributed by atoms with Gasteiger partial charge in [-0.3, -0.25) is 4.79 Å². The van der Waals surface area contributed by atoms with Crippen LogP contribution in [0.3, 0.4) is 0 Å². The second kappa shape index (κ2) is 6.55. The van der Waals surface area contributed by atoms with Gasteiger partial charge in [0.15, 0.2) is 0 Å². The lowest BCUT2D eigenvalue weighted by Gasteiger charge is -2.15. The fourth-order valence-electron chi connectivity index (χ4n) is 2.18. The number of carbonyl (C=O) groups excluding carboxylic acids is 1. The Morgan fingerprint density at radius 2 is 1.94 bits per heavy atom. The molecule has 18 heavy (non-hydrogen) atoms. The number of rotatable bonds is 5. The van der Waals surface area contributed by atoms with Crippen LogP contribution in [-0.4, -0.2) is 18.2 Å². The lowest BCUT2D eigenvalue weighted by atomic mass is 9.91. The summed E-state index contributed by atoms with van der Waals surface area (Å²) < 4.78 is 4.69. The molecule has 0 spiro atoms. The highest BCUT2D eigenvalue weighted by Gasteiger charge is 2.13. The van der Waals surface area contributed by atoms with Gasteiger partial charge in [-0.05, 0) is 36.0 Å². The van der Waals surface area contributed by atoms with Crippen LogP contribution in [0.15, 0.2) is 12.1 Å². The molecule has 0 aliphatic carbocycles. The highest BCUT2D eigenvalue weighted by molar-refractivity contribution is 5.73. The van der Waals surface area contributed by atoms with Crippen molar-refractivity contribution < 1.29 is 14.6 Å². The molecule has 0 fully saturated rings. The Morgan fingerprint density at radius 3 is 2.44 bits per heavy atom. The molecule has 0 aliphatic rings. The summed E-state index contributed by atoms with van der Waals surface area (Å²) in [5.41, 5.74) is 3.99. The molecule has 1 N–H and O–H groups in total. The van der Waals surface area contributed by atoms with E-state index in [1.54, 1.807) is 0 Å². The fourth-order valence-corrected chi connectivity index (χ4v) is 2.18.